The Labute approximate surface area is 138 Å². The summed E-state index contributed by atoms with van der Waals surface area (Å²) in [4.78, 5) is 18.9. The van der Waals surface area contributed by atoms with Crippen LogP contribution in [0.1, 0.15) is 48.7 Å². The van der Waals surface area contributed by atoms with Crippen LogP contribution < -0.4 is 10.2 Å². The number of pyridine rings is 1. The van der Waals surface area contributed by atoms with Crippen LogP contribution in [0.3, 0.4) is 0 Å². The Morgan fingerprint density at radius 2 is 2.00 bits per heavy atom. The number of carbonyl (C=O) groups excluding carboxylic acids is 1. The van der Waals surface area contributed by atoms with Gasteiger partial charge in [0, 0.05) is 25.4 Å². The van der Waals surface area contributed by atoms with Crippen molar-refractivity contribution in [3.05, 3.63) is 59.8 Å². The first-order valence-electron chi connectivity index (χ1n) is 8.14. The predicted octanol–water partition coefficient (Wildman–Crippen LogP) is 3.81. The molecule has 122 valence electrons. The van der Waals surface area contributed by atoms with Crippen LogP contribution in [-0.4, -0.2) is 24.5 Å². The van der Waals surface area contributed by atoms with Crippen molar-refractivity contribution in [2.45, 2.75) is 32.7 Å². The number of carbonyl (C=O) groups is 1. The van der Waals surface area contributed by atoms with E-state index in [1.165, 1.54) is 0 Å². The molecular weight excluding hydrogens is 286 g/mol. The van der Waals surface area contributed by atoms with Gasteiger partial charge in [0.1, 0.15) is 5.82 Å². The van der Waals surface area contributed by atoms with Crippen LogP contribution in [0.4, 0.5) is 5.82 Å². The van der Waals surface area contributed by atoms with E-state index in [1.807, 2.05) is 50.4 Å². The number of amides is 1. The maximum Gasteiger partial charge on any atom is 0.251 e. The average Bonchev–Trinajstić information content (AvgIpc) is 2.60. The molecule has 1 N–H and O–H groups in total. The predicted molar refractivity (Wildman–Crippen MR) is 94.7 cm³/mol. The summed E-state index contributed by atoms with van der Waals surface area (Å²) in [7, 11) is 2.01. The molecule has 0 fully saturated rings. The van der Waals surface area contributed by atoms with Gasteiger partial charge in [-0.05, 0) is 31.0 Å². The zero-order chi connectivity index (χ0) is 16.7. The van der Waals surface area contributed by atoms with E-state index in [1.54, 1.807) is 12.3 Å². The fourth-order valence-corrected chi connectivity index (χ4v) is 2.38. The van der Waals surface area contributed by atoms with Gasteiger partial charge >= 0.3 is 0 Å². The second-order valence-corrected chi connectivity index (χ2v) is 5.78. The highest BCUT2D eigenvalue weighted by Crippen LogP contribution is 2.15. The number of nitrogens with zero attached hydrogens (tertiary/aromatic N) is 2. The first-order valence-corrected chi connectivity index (χ1v) is 8.14. The van der Waals surface area contributed by atoms with Crippen LogP contribution in [0.5, 0.6) is 0 Å². The van der Waals surface area contributed by atoms with Gasteiger partial charge in [0.15, 0.2) is 0 Å². The van der Waals surface area contributed by atoms with Gasteiger partial charge in [-0.15, -0.1) is 0 Å². The minimum Gasteiger partial charge on any atom is -0.360 e. The van der Waals surface area contributed by atoms with E-state index < -0.39 is 0 Å². The average molecular weight is 311 g/mol. The third-order valence-electron chi connectivity index (χ3n) is 3.89. The minimum atomic E-state index is -0.0751. The lowest BCUT2D eigenvalue weighted by Crippen LogP contribution is -2.27. The molecule has 1 amide bonds. The topological polar surface area (TPSA) is 45.2 Å². The van der Waals surface area contributed by atoms with Crippen LogP contribution in [0.25, 0.3) is 0 Å². The summed E-state index contributed by atoms with van der Waals surface area (Å²) in [6.07, 6.45) is 3.94. The SMILES string of the molecule is CCCCN(C)c1cc(C(=O)NC(C)c2ccccc2)ccn1. The fraction of sp³-hybridized carbons (Fsp3) is 0.368. The zero-order valence-corrected chi connectivity index (χ0v) is 14.1. The zero-order valence-electron chi connectivity index (χ0n) is 14.1. The molecule has 0 saturated carbocycles. The van der Waals surface area contributed by atoms with E-state index in [0.29, 0.717) is 5.56 Å². The fourth-order valence-electron chi connectivity index (χ4n) is 2.38. The van der Waals surface area contributed by atoms with Crippen molar-refractivity contribution in [1.29, 1.82) is 0 Å². The van der Waals surface area contributed by atoms with E-state index in [-0.39, 0.29) is 11.9 Å². The summed E-state index contributed by atoms with van der Waals surface area (Å²) in [5.41, 5.74) is 1.73. The summed E-state index contributed by atoms with van der Waals surface area (Å²) in [6, 6.07) is 13.5. The number of rotatable bonds is 7. The van der Waals surface area contributed by atoms with Crippen molar-refractivity contribution in [1.82, 2.24) is 10.3 Å². The van der Waals surface area contributed by atoms with E-state index >= 15 is 0 Å². The molecule has 1 atom stereocenters. The molecule has 2 rings (SSSR count). The maximum absolute atomic E-state index is 12.5. The Hall–Kier alpha value is -2.36. The van der Waals surface area contributed by atoms with Crippen molar-refractivity contribution < 1.29 is 4.79 Å². The van der Waals surface area contributed by atoms with Crippen molar-refractivity contribution in [3.63, 3.8) is 0 Å². The Morgan fingerprint density at radius 1 is 1.26 bits per heavy atom. The Kier molecular flexibility index (Phi) is 6.15. The molecule has 4 heteroatoms. The van der Waals surface area contributed by atoms with Crippen molar-refractivity contribution in [2.24, 2.45) is 0 Å². The lowest BCUT2D eigenvalue weighted by Gasteiger charge is -2.19. The number of benzene rings is 1. The summed E-state index contributed by atoms with van der Waals surface area (Å²) in [5, 5.41) is 3.04. The molecular formula is C19H25N3O. The molecule has 4 nitrogen and oxygen atoms in total. The second-order valence-electron chi connectivity index (χ2n) is 5.78. The lowest BCUT2D eigenvalue weighted by atomic mass is 10.1. The molecule has 0 saturated heterocycles. The molecule has 0 aliphatic heterocycles. The van der Waals surface area contributed by atoms with Crippen LogP contribution in [0.15, 0.2) is 48.7 Å². The van der Waals surface area contributed by atoms with E-state index in [0.717, 1.165) is 30.8 Å². The quantitative estimate of drug-likeness (QED) is 0.845. The van der Waals surface area contributed by atoms with Gasteiger partial charge in [0.05, 0.1) is 6.04 Å². The summed E-state index contributed by atoms with van der Waals surface area (Å²) < 4.78 is 0. The van der Waals surface area contributed by atoms with Crippen LogP contribution in [0, 0.1) is 0 Å². The molecule has 0 aliphatic rings. The van der Waals surface area contributed by atoms with E-state index in [9.17, 15) is 4.79 Å². The standard InChI is InChI=1S/C19H25N3O/c1-4-5-13-22(3)18-14-17(11-12-20-18)19(23)21-15(2)16-9-7-6-8-10-16/h6-12,14-15H,4-5,13H2,1-3H3,(H,21,23). The van der Waals surface area contributed by atoms with E-state index in [2.05, 4.69) is 22.1 Å². The first-order chi connectivity index (χ1) is 11.1. The number of unbranched alkanes of at least 4 members (excludes halogenated alkanes) is 1. The van der Waals surface area contributed by atoms with Gasteiger partial charge in [-0.25, -0.2) is 4.98 Å². The normalized spacial score (nSPS) is 11.8. The molecule has 0 radical (unpaired) electrons. The number of anilines is 1. The summed E-state index contributed by atoms with van der Waals surface area (Å²) in [6.45, 7) is 5.09. The summed E-state index contributed by atoms with van der Waals surface area (Å²) in [5.74, 6) is 0.757. The van der Waals surface area contributed by atoms with Gasteiger partial charge in [0.2, 0.25) is 0 Å². The Bertz CT molecular complexity index is 628. The van der Waals surface area contributed by atoms with Crippen LogP contribution in [0.2, 0.25) is 0 Å². The van der Waals surface area contributed by atoms with Crippen molar-refractivity contribution in [2.75, 3.05) is 18.5 Å². The molecule has 1 heterocycles. The Balaban J connectivity index is 2.05. The van der Waals surface area contributed by atoms with Gasteiger partial charge in [-0.2, -0.15) is 0 Å². The second kappa shape index (κ2) is 8.32. The first kappa shape index (κ1) is 17.0. The van der Waals surface area contributed by atoms with Crippen LogP contribution in [-0.2, 0) is 0 Å². The number of nitrogens with one attached hydrogen (secondary N) is 1. The van der Waals surface area contributed by atoms with Gasteiger partial charge in [0.25, 0.3) is 5.91 Å². The molecule has 23 heavy (non-hydrogen) atoms. The monoisotopic (exact) mass is 311 g/mol. The van der Waals surface area contributed by atoms with Gasteiger partial charge in [-0.3, -0.25) is 4.79 Å². The number of hydrogen-bond acceptors (Lipinski definition) is 3. The molecule has 1 unspecified atom stereocenters. The highest BCUT2D eigenvalue weighted by atomic mass is 16.1. The molecule has 0 spiro atoms. The van der Waals surface area contributed by atoms with Gasteiger partial charge < -0.3 is 10.2 Å². The third-order valence-corrected chi connectivity index (χ3v) is 3.89. The number of aromatic nitrogens is 1. The number of hydrogen-bond donors (Lipinski definition) is 1. The maximum atomic E-state index is 12.5. The van der Waals surface area contributed by atoms with Crippen LogP contribution >= 0.6 is 0 Å². The highest BCUT2D eigenvalue weighted by molar-refractivity contribution is 5.95. The molecule has 1 aromatic carbocycles. The van der Waals surface area contributed by atoms with Crippen molar-refractivity contribution in [3.8, 4) is 0 Å². The molecule has 1 aromatic heterocycles. The summed E-state index contributed by atoms with van der Waals surface area (Å²) >= 11 is 0. The van der Waals surface area contributed by atoms with E-state index in [4.69, 9.17) is 0 Å². The van der Waals surface area contributed by atoms with Crippen molar-refractivity contribution >= 4 is 11.7 Å². The third kappa shape index (κ3) is 4.81. The lowest BCUT2D eigenvalue weighted by molar-refractivity contribution is 0.0940. The molecule has 2 aromatic rings. The molecule has 0 aliphatic carbocycles. The Morgan fingerprint density at radius 3 is 2.70 bits per heavy atom. The minimum absolute atomic E-state index is 0.0295. The largest absolute Gasteiger partial charge is 0.360 e. The van der Waals surface area contributed by atoms with Gasteiger partial charge in [-0.1, -0.05) is 43.7 Å². The highest BCUT2D eigenvalue weighted by Gasteiger charge is 2.13. The molecule has 0 bridgehead atoms. The smallest absolute Gasteiger partial charge is 0.251 e.